The number of aliphatic imine (C=N–C) groups is 1. The van der Waals surface area contributed by atoms with Crippen LogP contribution in [0.15, 0.2) is 29.3 Å². The Morgan fingerprint density at radius 3 is 2.67 bits per heavy atom. The van der Waals surface area contributed by atoms with Gasteiger partial charge in [0.2, 0.25) is 0 Å². The van der Waals surface area contributed by atoms with Gasteiger partial charge in [0.05, 0.1) is 23.2 Å². The van der Waals surface area contributed by atoms with Crippen molar-refractivity contribution in [2.24, 2.45) is 4.99 Å². The molecule has 2 fully saturated rings. The third kappa shape index (κ3) is 6.31. The predicted octanol–water partition coefficient (Wildman–Crippen LogP) is 3.41. The number of nitrogens with one attached hydrogen (secondary N) is 2. The molecule has 7 nitrogen and oxygen atoms in total. The van der Waals surface area contributed by atoms with Crippen LogP contribution in [0.1, 0.15) is 44.6 Å². The van der Waals surface area contributed by atoms with Gasteiger partial charge in [-0.3, -0.25) is 15.1 Å². The maximum Gasteiger partial charge on any atom is 0.269 e. The van der Waals surface area contributed by atoms with Crippen molar-refractivity contribution in [3.8, 4) is 0 Å². The zero-order valence-corrected chi connectivity index (χ0v) is 18.1. The van der Waals surface area contributed by atoms with Gasteiger partial charge in [-0.05, 0) is 51.0 Å². The Hall–Kier alpha value is -1.42. The van der Waals surface area contributed by atoms with Crippen LogP contribution in [0.5, 0.6) is 0 Å². The van der Waals surface area contributed by atoms with E-state index in [-0.39, 0.29) is 34.6 Å². The molecule has 0 spiro atoms. The second kappa shape index (κ2) is 10.8. The fraction of sp³-hybridized carbons (Fsp3) is 0.632. The summed E-state index contributed by atoms with van der Waals surface area (Å²) < 4.78 is 5.89. The molecule has 0 radical (unpaired) electrons. The average molecular weight is 488 g/mol. The summed E-state index contributed by atoms with van der Waals surface area (Å²) in [6, 6.07) is 7.19. The number of hydrogen-bond acceptors (Lipinski definition) is 4. The predicted molar refractivity (Wildman–Crippen MR) is 117 cm³/mol. The number of benzene rings is 1. The lowest BCUT2D eigenvalue weighted by Gasteiger charge is -2.22. The molecule has 2 aliphatic rings. The molecule has 1 aromatic carbocycles. The lowest BCUT2D eigenvalue weighted by Crippen LogP contribution is -2.47. The molecule has 3 atom stereocenters. The minimum absolute atomic E-state index is 0. The Morgan fingerprint density at radius 1 is 1.30 bits per heavy atom. The Labute approximate surface area is 177 Å². The average Bonchev–Trinajstić information content (AvgIpc) is 3.25. The van der Waals surface area contributed by atoms with Crippen LogP contribution < -0.4 is 10.6 Å². The first-order valence-electron chi connectivity index (χ1n) is 9.59. The first kappa shape index (κ1) is 21.9. The van der Waals surface area contributed by atoms with Crippen LogP contribution in [0.25, 0.3) is 0 Å². The maximum absolute atomic E-state index is 10.7. The molecule has 0 aliphatic carbocycles. The largest absolute Gasteiger partial charge is 0.373 e. The van der Waals surface area contributed by atoms with Crippen LogP contribution >= 0.6 is 24.0 Å². The van der Waals surface area contributed by atoms with Crippen molar-refractivity contribution in [1.82, 2.24) is 10.6 Å². The number of halogens is 1. The smallest absolute Gasteiger partial charge is 0.269 e. The molecule has 27 heavy (non-hydrogen) atoms. The highest BCUT2D eigenvalue weighted by Crippen LogP contribution is 2.34. The van der Waals surface area contributed by atoms with Gasteiger partial charge in [-0.15, -0.1) is 24.0 Å². The van der Waals surface area contributed by atoms with Gasteiger partial charge < -0.3 is 15.4 Å². The lowest BCUT2D eigenvalue weighted by molar-refractivity contribution is -0.384. The molecule has 0 amide bonds. The Morgan fingerprint density at radius 2 is 2.07 bits per heavy atom. The zero-order valence-electron chi connectivity index (χ0n) is 15.7. The summed E-state index contributed by atoms with van der Waals surface area (Å²) in [7, 11) is 0. The van der Waals surface area contributed by atoms with Gasteiger partial charge in [-0.25, -0.2) is 0 Å². The number of non-ortho nitro benzene ring substituents is 1. The number of unbranched alkanes of at least 4 members (excludes halogenated alkanes) is 1. The summed E-state index contributed by atoms with van der Waals surface area (Å²) in [4.78, 5) is 15.0. The number of aryl methyl sites for hydroxylation is 1. The highest BCUT2D eigenvalue weighted by Gasteiger charge is 2.41. The number of nitro benzene ring substituents is 1. The third-order valence-corrected chi connectivity index (χ3v) is 5.06. The van der Waals surface area contributed by atoms with E-state index < -0.39 is 0 Å². The maximum atomic E-state index is 10.7. The third-order valence-electron chi connectivity index (χ3n) is 5.06. The van der Waals surface area contributed by atoms with E-state index in [9.17, 15) is 10.1 Å². The fourth-order valence-corrected chi connectivity index (χ4v) is 3.70. The number of guanidine groups is 1. The van der Waals surface area contributed by atoms with Crippen LogP contribution in [0.3, 0.4) is 0 Å². The standard InChI is InChI=1S/C19H28N4O3.HI/c1-2-20-19(22-17-13-16-10-11-18(17)26-16)21-12-4-3-5-14-6-8-15(9-7-14)23(24)25;/h6-9,16-18H,2-5,10-13H2,1H3,(H2,20,21,22);1H. The second-order valence-electron chi connectivity index (χ2n) is 7.00. The summed E-state index contributed by atoms with van der Waals surface area (Å²) in [6.07, 6.45) is 7.11. The van der Waals surface area contributed by atoms with Crippen molar-refractivity contribution < 1.29 is 9.66 Å². The number of ether oxygens (including phenoxy) is 1. The van der Waals surface area contributed by atoms with Gasteiger partial charge in [0.1, 0.15) is 0 Å². The van der Waals surface area contributed by atoms with Crippen molar-refractivity contribution in [1.29, 1.82) is 0 Å². The molecular weight excluding hydrogens is 459 g/mol. The molecule has 0 saturated carbocycles. The molecule has 150 valence electrons. The van der Waals surface area contributed by atoms with E-state index in [0.29, 0.717) is 18.2 Å². The molecule has 2 saturated heterocycles. The number of hydrogen-bond donors (Lipinski definition) is 2. The Kier molecular flexibility index (Phi) is 8.75. The molecular formula is C19H29IN4O3. The van der Waals surface area contributed by atoms with Gasteiger partial charge in [0.15, 0.2) is 5.96 Å². The number of rotatable bonds is 8. The molecule has 1 aromatic rings. The van der Waals surface area contributed by atoms with Crippen molar-refractivity contribution in [2.45, 2.75) is 63.7 Å². The number of nitrogens with zero attached hydrogens (tertiary/aromatic N) is 2. The molecule has 2 N–H and O–H groups in total. The molecule has 2 heterocycles. The summed E-state index contributed by atoms with van der Waals surface area (Å²) >= 11 is 0. The van der Waals surface area contributed by atoms with Gasteiger partial charge in [0, 0.05) is 25.2 Å². The fourth-order valence-electron chi connectivity index (χ4n) is 3.70. The van der Waals surface area contributed by atoms with Crippen molar-refractivity contribution in [3.63, 3.8) is 0 Å². The summed E-state index contributed by atoms with van der Waals surface area (Å²) in [5.41, 5.74) is 1.27. The van der Waals surface area contributed by atoms with Crippen LogP contribution in [0, 0.1) is 10.1 Å². The molecule has 3 rings (SSSR count). The second-order valence-corrected chi connectivity index (χ2v) is 7.00. The molecule has 2 bridgehead atoms. The molecule has 3 unspecified atom stereocenters. The van der Waals surface area contributed by atoms with Crippen LogP contribution in [0.2, 0.25) is 0 Å². The minimum atomic E-state index is -0.366. The lowest BCUT2D eigenvalue weighted by atomic mass is 9.96. The summed E-state index contributed by atoms with van der Waals surface area (Å²) in [6.45, 7) is 3.68. The Balaban J connectivity index is 0.00000261. The SMILES string of the molecule is CCNC(=NCCCCc1ccc([N+](=O)[O-])cc1)NC1CC2CCC1O2.I. The monoisotopic (exact) mass is 488 g/mol. The van der Waals surface area contributed by atoms with Gasteiger partial charge >= 0.3 is 0 Å². The summed E-state index contributed by atoms with van der Waals surface area (Å²) in [5.74, 6) is 0.879. The van der Waals surface area contributed by atoms with E-state index in [1.54, 1.807) is 12.1 Å². The normalized spacial score (nSPS) is 23.7. The quantitative estimate of drug-likeness (QED) is 0.146. The molecule has 8 heteroatoms. The summed E-state index contributed by atoms with van der Waals surface area (Å²) in [5, 5.41) is 17.5. The van der Waals surface area contributed by atoms with Crippen molar-refractivity contribution >= 4 is 35.6 Å². The highest BCUT2D eigenvalue weighted by molar-refractivity contribution is 14.0. The first-order chi connectivity index (χ1) is 12.7. The Bertz CT molecular complexity index is 638. The highest BCUT2D eigenvalue weighted by atomic mass is 127. The topological polar surface area (TPSA) is 88.8 Å². The number of nitro groups is 1. The molecule has 0 aromatic heterocycles. The van der Waals surface area contributed by atoms with E-state index in [1.165, 1.54) is 6.42 Å². The van der Waals surface area contributed by atoms with E-state index in [4.69, 9.17) is 4.74 Å². The van der Waals surface area contributed by atoms with Crippen LogP contribution in [-0.2, 0) is 11.2 Å². The molecule has 2 aliphatic heterocycles. The first-order valence-corrected chi connectivity index (χ1v) is 9.59. The van der Waals surface area contributed by atoms with Crippen LogP contribution in [0.4, 0.5) is 5.69 Å². The minimum Gasteiger partial charge on any atom is -0.373 e. The van der Waals surface area contributed by atoms with Crippen molar-refractivity contribution in [2.75, 3.05) is 13.1 Å². The number of fused-ring (bicyclic) bond motifs is 2. The van der Waals surface area contributed by atoms with Crippen LogP contribution in [-0.4, -0.2) is 42.2 Å². The van der Waals surface area contributed by atoms with E-state index in [0.717, 1.165) is 56.7 Å². The van der Waals surface area contributed by atoms with E-state index >= 15 is 0 Å². The van der Waals surface area contributed by atoms with Gasteiger partial charge in [0.25, 0.3) is 5.69 Å². The van der Waals surface area contributed by atoms with Gasteiger partial charge in [-0.1, -0.05) is 12.1 Å². The zero-order chi connectivity index (χ0) is 18.4. The van der Waals surface area contributed by atoms with E-state index in [2.05, 4.69) is 22.5 Å². The van der Waals surface area contributed by atoms with E-state index in [1.807, 2.05) is 12.1 Å². The van der Waals surface area contributed by atoms with Crippen molar-refractivity contribution in [3.05, 3.63) is 39.9 Å². The van der Waals surface area contributed by atoms with Gasteiger partial charge in [-0.2, -0.15) is 0 Å².